The molecule has 1 amide bonds. The maximum Gasteiger partial charge on any atom is 0.242 e. The highest BCUT2D eigenvalue weighted by Gasteiger charge is 2.17. The van der Waals surface area contributed by atoms with E-state index in [-0.39, 0.29) is 11.9 Å². The molecule has 4 nitrogen and oxygen atoms in total. The zero-order chi connectivity index (χ0) is 13.7. The lowest BCUT2D eigenvalue weighted by Crippen LogP contribution is -2.35. The van der Waals surface area contributed by atoms with Crippen molar-refractivity contribution in [1.82, 2.24) is 14.8 Å². The van der Waals surface area contributed by atoms with Crippen LogP contribution in [-0.4, -0.2) is 35.5 Å². The van der Waals surface area contributed by atoms with Gasteiger partial charge in [0.05, 0.1) is 0 Å². The number of rotatable bonds is 4. The Morgan fingerprint density at radius 1 is 1.32 bits per heavy atom. The second-order valence-electron chi connectivity index (χ2n) is 5.37. The maximum absolute atomic E-state index is 12.4. The maximum atomic E-state index is 12.4. The number of likely N-dealkylation sites (tertiary alicyclic amines) is 1. The molecule has 0 aliphatic carbocycles. The monoisotopic (exact) mass is 263 g/mol. The number of hydrogen-bond acceptors (Lipinski definition) is 2. The Hall–Kier alpha value is -1.29. The summed E-state index contributed by atoms with van der Waals surface area (Å²) in [6.07, 6.45) is 6.82. The fourth-order valence-electron chi connectivity index (χ4n) is 2.68. The second-order valence-corrected chi connectivity index (χ2v) is 5.37. The number of hydrogen-bond donors (Lipinski definition) is 1. The average molecular weight is 263 g/mol. The Kier molecular flexibility index (Phi) is 5.02. The Morgan fingerprint density at radius 2 is 2.00 bits per heavy atom. The van der Waals surface area contributed by atoms with E-state index in [2.05, 4.69) is 22.9 Å². The van der Waals surface area contributed by atoms with E-state index < -0.39 is 0 Å². The first-order valence-electron chi connectivity index (χ1n) is 7.32. The summed E-state index contributed by atoms with van der Waals surface area (Å²) in [6, 6.07) is 4.36. The minimum absolute atomic E-state index is 0.252. The van der Waals surface area contributed by atoms with Gasteiger partial charge in [0, 0.05) is 31.0 Å². The van der Waals surface area contributed by atoms with Crippen LogP contribution in [0.3, 0.4) is 0 Å². The molecule has 1 unspecified atom stereocenters. The van der Waals surface area contributed by atoms with Crippen LogP contribution in [-0.2, 0) is 11.3 Å². The minimum Gasteiger partial charge on any atom is -0.341 e. The summed E-state index contributed by atoms with van der Waals surface area (Å²) in [5.74, 6) is 0.252. The normalized spacial score (nSPS) is 18.1. The topological polar surface area (TPSA) is 37.3 Å². The molecule has 1 N–H and O–H groups in total. The lowest BCUT2D eigenvalue weighted by molar-refractivity contribution is -0.131. The van der Waals surface area contributed by atoms with Gasteiger partial charge >= 0.3 is 0 Å². The molecule has 1 aromatic heterocycles. The van der Waals surface area contributed by atoms with Gasteiger partial charge in [-0.2, -0.15) is 0 Å². The molecule has 1 fully saturated rings. The van der Waals surface area contributed by atoms with Crippen LogP contribution in [0.15, 0.2) is 18.3 Å². The molecule has 1 atom stereocenters. The Balaban J connectivity index is 2.00. The number of amides is 1. The zero-order valence-electron chi connectivity index (χ0n) is 12.1. The van der Waals surface area contributed by atoms with E-state index in [1.54, 1.807) is 0 Å². The number of nitrogens with zero attached hydrogens (tertiary/aromatic N) is 2. The molecule has 0 radical (unpaired) electrons. The predicted octanol–water partition coefficient (Wildman–Crippen LogP) is 2.17. The smallest absolute Gasteiger partial charge is 0.242 e. The van der Waals surface area contributed by atoms with Crippen LogP contribution in [0.1, 0.15) is 44.3 Å². The standard InChI is InChI=1S/C15H25N3O/c1-13(16-2)14-8-7-11-18(14)12-15(19)17-9-5-3-4-6-10-17/h7-8,11,13,16H,3-6,9-10,12H2,1-2H3. The summed E-state index contributed by atoms with van der Waals surface area (Å²) in [7, 11) is 1.94. The molecule has 1 aliphatic rings. The van der Waals surface area contributed by atoms with Crippen LogP contribution < -0.4 is 5.32 Å². The van der Waals surface area contributed by atoms with Gasteiger partial charge in [0.25, 0.3) is 0 Å². The van der Waals surface area contributed by atoms with Crippen LogP contribution in [0.4, 0.5) is 0 Å². The second kappa shape index (κ2) is 6.75. The molecular weight excluding hydrogens is 238 g/mol. The van der Waals surface area contributed by atoms with E-state index >= 15 is 0 Å². The zero-order valence-corrected chi connectivity index (χ0v) is 12.1. The van der Waals surface area contributed by atoms with Crippen LogP contribution in [0.25, 0.3) is 0 Å². The molecule has 2 rings (SSSR count). The Labute approximate surface area is 115 Å². The van der Waals surface area contributed by atoms with E-state index in [1.165, 1.54) is 18.5 Å². The van der Waals surface area contributed by atoms with E-state index in [9.17, 15) is 4.79 Å². The van der Waals surface area contributed by atoms with Gasteiger partial charge < -0.3 is 14.8 Å². The third kappa shape index (κ3) is 3.60. The molecule has 0 spiro atoms. The van der Waals surface area contributed by atoms with E-state index in [0.717, 1.165) is 25.9 Å². The largest absolute Gasteiger partial charge is 0.341 e. The Bertz CT molecular complexity index is 405. The highest BCUT2D eigenvalue weighted by Crippen LogP contribution is 2.14. The van der Waals surface area contributed by atoms with Crippen molar-refractivity contribution < 1.29 is 4.79 Å². The number of aromatic nitrogens is 1. The molecule has 4 heteroatoms. The van der Waals surface area contributed by atoms with Crippen molar-refractivity contribution >= 4 is 5.91 Å². The SMILES string of the molecule is CNC(C)c1cccn1CC(=O)N1CCCCCC1. The molecule has 0 saturated carbocycles. The van der Waals surface area contributed by atoms with Crippen LogP contribution in [0, 0.1) is 0 Å². The summed E-state index contributed by atoms with van der Waals surface area (Å²) in [5, 5.41) is 3.22. The summed E-state index contributed by atoms with van der Waals surface area (Å²) in [5.41, 5.74) is 1.17. The molecule has 1 aliphatic heterocycles. The van der Waals surface area contributed by atoms with E-state index in [4.69, 9.17) is 0 Å². The van der Waals surface area contributed by atoms with Crippen LogP contribution in [0.5, 0.6) is 0 Å². The number of carbonyl (C=O) groups is 1. The quantitative estimate of drug-likeness (QED) is 0.904. The average Bonchev–Trinajstić information content (AvgIpc) is 2.71. The molecule has 0 aromatic carbocycles. The minimum atomic E-state index is 0.252. The highest BCUT2D eigenvalue weighted by atomic mass is 16.2. The number of carbonyl (C=O) groups excluding carboxylic acids is 1. The van der Waals surface area contributed by atoms with Crippen molar-refractivity contribution in [1.29, 1.82) is 0 Å². The van der Waals surface area contributed by atoms with Gasteiger partial charge in [0.2, 0.25) is 5.91 Å². The molecule has 19 heavy (non-hydrogen) atoms. The van der Waals surface area contributed by atoms with Crippen molar-refractivity contribution in [3.05, 3.63) is 24.0 Å². The van der Waals surface area contributed by atoms with Crippen LogP contribution >= 0.6 is 0 Å². The molecule has 106 valence electrons. The molecular formula is C15H25N3O. The molecule has 0 bridgehead atoms. The van der Waals surface area contributed by atoms with Crippen molar-refractivity contribution in [2.24, 2.45) is 0 Å². The first kappa shape index (κ1) is 14.1. The third-order valence-electron chi connectivity index (χ3n) is 4.01. The summed E-state index contributed by atoms with van der Waals surface area (Å²) >= 11 is 0. The van der Waals surface area contributed by atoms with Crippen LogP contribution in [0.2, 0.25) is 0 Å². The lowest BCUT2D eigenvalue weighted by Gasteiger charge is -2.22. The van der Waals surface area contributed by atoms with Crippen molar-refractivity contribution in [3.8, 4) is 0 Å². The molecule has 1 aromatic rings. The van der Waals surface area contributed by atoms with Gasteiger partial charge in [-0.15, -0.1) is 0 Å². The summed E-state index contributed by atoms with van der Waals surface area (Å²) < 4.78 is 2.06. The van der Waals surface area contributed by atoms with Gasteiger partial charge in [-0.25, -0.2) is 0 Å². The third-order valence-corrected chi connectivity index (χ3v) is 4.01. The van der Waals surface area contributed by atoms with Crippen molar-refractivity contribution in [2.75, 3.05) is 20.1 Å². The van der Waals surface area contributed by atoms with Gasteiger partial charge in [-0.1, -0.05) is 12.8 Å². The number of nitrogens with one attached hydrogen (secondary N) is 1. The first-order valence-corrected chi connectivity index (χ1v) is 7.32. The van der Waals surface area contributed by atoms with Gasteiger partial charge in [0.1, 0.15) is 6.54 Å². The van der Waals surface area contributed by atoms with E-state index in [0.29, 0.717) is 6.54 Å². The van der Waals surface area contributed by atoms with Gasteiger partial charge in [-0.3, -0.25) is 4.79 Å². The summed E-state index contributed by atoms with van der Waals surface area (Å²) in [6.45, 7) is 4.44. The van der Waals surface area contributed by atoms with E-state index in [1.807, 2.05) is 24.2 Å². The Morgan fingerprint density at radius 3 is 2.63 bits per heavy atom. The van der Waals surface area contributed by atoms with Crippen molar-refractivity contribution in [3.63, 3.8) is 0 Å². The van der Waals surface area contributed by atoms with Gasteiger partial charge in [-0.05, 0) is 38.9 Å². The molecule has 1 saturated heterocycles. The molecule has 2 heterocycles. The van der Waals surface area contributed by atoms with Gasteiger partial charge in [0.15, 0.2) is 0 Å². The predicted molar refractivity (Wildman–Crippen MR) is 77.0 cm³/mol. The summed E-state index contributed by atoms with van der Waals surface area (Å²) in [4.78, 5) is 14.4. The fourth-order valence-corrected chi connectivity index (χ4v) is 2.68. The first-order chi connectivity index (χ1) is 9.22. The highest BCUT2D eigenvalue weighted by molar-refractivity contribution is 5.76. The lowest BCUT2D eigenvalue weighted by atomic mass is 10.2. The van der Waals surface area contributed by atoms with Crippen molar-refractivity contribution in [2.45, 2.75) is 45.2 Å². The fraction of sp³-hybridized carbons (Fsp3) is 0.667.